The summed E-state index contributed by atoms with van der Waals surface area (Å²) < 4.78 is 4.33. The van der Waals surface area contributed by atoms with Gasteiger partial charge < -0.3 is 9.88 Å². The van der Waals surface area contributed by atoms with Gasteiger partial charge in [-0.15, -0.1) is 10.2 Å². The Hall–Kier alpha value is -1.69. The van der Waals surface area contributed by atoms with E-state index in [1.807, 2.05) is 0 Å². The van der Waals surface area contributed by atoms with Gasteiger partial charge in [-0.3, -0.25) is 4.68 Å². The largest absolute Gasteiger partial charge is 0.313 e. The Morgan fingerprint density at radius 3 is 2.86 bits per heavy atom. The second-order valence-corrected chi connectivity index (χ2v) is 5.73. The predicted octanol–water partition coefficient (Wildman–Crippen LogP) is 1.59. The van der Waals surface area contributed by atoms with Crippen LogP contribution in [0.2, 0.25) is 0 Å². The van der Waals surface area contributed by atoms with E-state index in [9.17, 15) is 0 Å². The lowest BCUT2D eigenvalue weighted by Gasteiger charge is -2.15. The molecule has 0 saturated carbocycles. The van der Waals surface area contributed by atoms with Gasteiger partial charge in [-0.1, -0.05) is 6.92 Å². The third-order valence-electron chi connectivity index (χ3n) is 4.31. The summed E-state index contributed by atoms with van der Waals surface area (Å²) in [6, 6.07) is 0. The SMILES string of the molecule is CCNCc1c(C)nn(Cc2nnc3n2CCCC3)c1C. The van der Waals surface area contributed by atoms with E-state index in [4.69, 9.17) is 0 Å². The second kappa shape index (κ2) is 5.97. The fraction of sp³-hybridized carbons (Fsp3) is 0.667. The Bertz CT molecular complexity index is 624. The number of aromatic nitrogens is 5. The van der Waals surface area contributed by atoms with Gasteiger partial charge in [0.25, 0.3) is 0 Å². The highest BCUT2D eigenvalue weighted by molar-refractivity contribution is 5.24. The molecule has 0 amide bonds. The lowest BCUT2D eigenvalue weighted by molar-refractivity contribution is 0.493. The van der Waals surface area contributed by atoms with Gasteiger partial charge in [0.2, 0.25) is 0 Å². The van der Waals surface area contributed by atoms with Crippen LogP contribution in [0.3, 0.4) is 0 Å². The van der Waals surface area contributed by atoms with Crippen molar-refractivity contribution in [1.29, 1.82) is 0 Å². The van der Waals surface area contributed by atoms with Crippen molar-refractivity contribution in [3.05, 3.63) is 28.6 Å². The highest BCUT2D eigenvalue weighted by atomic mass is 15.3. The molecular formula is C15H24N6. The summed E-state index contributed by atoms with van der Waals surface area (Å²) in [5.41, 5.74) is 3.63. The average Bonchev–Trinajstić information content (AvgIpc) is 3.01. The molecule has 0 aromatic carbocycles. The molecule has 2 aromatic rings. The highest BCUT2D eigenvalue weighted by Crippen LogP contribution is 2.17. The highest BCUT2D eigenvalue weighted by Gasteiger charge is 2.18. The summed E-state index contributed by atoms with van der Waals surface area (Å²) in [6.45, 7) is 9.95. The number of nitrogens with zero attached hydrogens (tertiary/aromatic N) is 5. The Morgan fingerprint density at radius 1 is 1.19 bits per heavy atom. The van der Waals surface area contributed by atoms with E-state index in [2.05, 4.69) is 50.6 Å². The second-order valence-electron chi connectivity index (χ2n) is 5.73. The van der Waals surface area contributed by atoms with Crippen LogP contribution in [0, 0.1) is 13.8 Å². The van der Waals surface area contributed by atoms with Gasteiger partial charge in [0.15, 0.2) is 5.82 Å². The third kappa shape index (κ3) is 2.72. The monoisotopic (exact) mass is 288 g/mol. The first-order chi connectivity index (χ1) is 10.2. The molecule has 0 atom stereocenters. The standard InChI is InChI=1S/C15H24N6/c1-4-16-9-13-11(2)19-21(12(13)3)10-15-18-17-14-7-5-6-8-20(14)15/h16H,4-10H2,1-3H3. The molecule has 0 fully saturated rings. The first kappa shape index (κ1) is 14.3. The molecule has 21 heavy (non-hydrogen) atoms. The third-order valence-corrected chi connectivity index (χ3v) is 4.31. The molecule has 3 heterocycles. The first-order valence-corrected chi connectivity index (χ1v) is 7.85. The van der Waals surface area contributed by atoms with Gasteiger partial charge >= 0.3 is 0 Å². The van der Waals surface area contributed by atoms with E-state index in [0.717, 1.165) is 43.4 Å². The molecule has 1 aliphatic rings. The van der Waals surface area contributed by atoms with Gasteiger partial charge in [0, 0.05) is 30.8 Å². The summed E-state index contributed by atoms with van der Waals surface area (Å²) >= 11 is 0. The van der Waals surface area contributed by atoms with Crippen LogP contribution < -0.4 is 5.32 Å². The number of nitrogens with one attached hydrogen (secondary N) is 1. The van der Waals surface area contributed by atoms with Crippen LogP contribution in [0.4, 0.5) is 0 Å². The van der Waals surface area contributed by atoms with Gasteiger partial charge in [0.05, 0.1) is 5.69 Å². The summed E-state index contributed by atoms with van der Waals surface area (Å²) in [5, 5.41) is 16.8. The normalized spacial score (nSPS) is 14.4. The van der Waals surface area contributed by atoms with Crippen molar-refractivity contribution in [2.75, 3.05) is 6.54 Å². The first-order valence-electron chi connectivity index (χ1n) is 7.85. The van der Waals surface area contributed by atoms with Crippen LogP contribution in [-0.2, 0) is 26.1 Å². The summed E-state index contributed by atoms with van der Waals surface area (Å²) in [5.74, 6) is 2.16. The molecule has 0 spiro atoms. The maximum Gasteiger partial charge on any atom is 0.154 e. The van der Waals surface area contributed by atoms with Crippen molar-refractivity contribution in [3.8, 4) is 0 Å². The molecule has 3 rings (SSSR count). The van der Waals surface area contributed by atoms with Crippen LogP contribution in [0.15, 0.2) is 0 Å². The fourth-order valence-corrected chi connectivity index (χ4v) is 3.01. The number of rotatable bonds is 5. The van der Waals surface area contributed by atoms with Crippen molar-refractivity contribution in [1.82, 2.24) is 29.9 Å². The zero-order valence-electron chi connectivity index (χ0n) is 13.2. The van der Waals surface area contributed by atoms with E-state index in [-0.39, 0.29) is 0 Å². The van der Waals surface area contributed by atoms with Gasteiger partial charge in [-0.25, -0.2) is 0 Å². The number of aryl methyl sites for hydroxylation is 2. The number of fused-ring (bicyclic) bond motifs is 1. The summed E-state index contributed by atoms with van der Waals surface area (Å²) in [6.07, 6.45) is 3.50. The number of hydrogen-bond donors (Lipinski definition) is 1. The van der Waals surface area contributed by atoms with E-state index < -0.39 is 0 Å². The van der Waals surface area contributed by atoms with E-state index >= 15 is 0 Å². The van der Waals surface area contributed by atoms with E-state index in [0.29, 0.717) is 6.54 Å². The zero-order valence-corrected chi connectivity index (χ0v) is 13.2. The Labute approximate surface area is 125 Å². The van der Waals surface area contributed by atoms with E-state index in [1.54, 1.807) is 0 Å². The van der Waals surface area contributed by atoms with Crippen LogP contribution in [0.5, 0.6) is 0 Å². The average molecular weight is 288 g/mol. The van der Waals surface area contributed by atoms with Crippen LogP contribution >= 0.6 is 0 Å². The molecule has 1 N–H and O–H groups in total. The van der Waals surface area contributed by atoms with Crippen molar-refractivity contribution in [3.63, 3.8) is 0 Å². The maximum absolute atomic E-state index is 4.68. The van der Waals surface area contributed by atoms with Crippen molar-refractivity contribution >= 4 is 0 Å². The smallest absolute Gasteiger partial charge is 0.154 e. The lowest BCUT2D eigenvalue weighted by Crippen LogP contribution is -2.16. The van der Waals surface area contributed by atoms with Crippen LogP contribution in [0.1, 0.15) is 48.4 Å². The van der Waals surface area contributed by atoms with Gasteiger partial charge in [-0.2, -0.15) is 5.10 Å². The molecule has 0 radical (unpaired) electrons. The van der Waals surface area contributed by atoms with Crippen LogP contribution in [0.25, 0.3) is 0 Å². The maximum atomic E-state index is 4.68. The molecular weight excluding hydrogens is 264 g/mol. The lowest BCUT2D eigenvalue weighted by atomic mass is 10.1. The quantitative estimate of drug-likeness (QED) is 0.907. The zero-order chi connectivity index (χ0) is 14.8. The molecule has 0 unspecified atom stereocenters. The Morgan fingerprint density at radius 2 is 2.05 bits per heavy atom. The summed E-state index contributed by atoms with van der Waals surface area (Å²) in [7, 11) is 0. The molecule has 114 valence electrons. The van der Waals surface area contributed by atoms with Gasteiger partial charge in [0.1, 0.15) is 12.4 Å². The molecule has 2 aromatic heterocycles. The molecule has 6 heteroatoms. The summed E-state index contributed by atoms with van der Waals surface area (Å²) in [4.78, 5) is 0. The molecule has 0 saturated heterocycles. The van der Waals surface area contributed by atoms with Gasteiger partial charge in [-0.05, 0) is 33.2 Å². The topological polar surface area (TPSA) is 60.6 Å². The minimum absolute atomic E-state index is 0.714. The molecule has 0 bridgehead atoms. The molecule has 6 nitrogen and oxygen atoms in total. The minimum Gasteiger partial charge on any atom is -0.313 e. The fourth-order valence-electron chi connectivity index (χ4n) is 3.01. The van der Waals surface area contributed by atoms with E-state index in [1.165, 1.54) is 24.1 Å². The molecule has 0 aliphatic carbocycles. The Kier molecular flexibility index (Phi) is 4.05. The van der Waals surface area contributed by atoms with Crippen molar-refractivity contribution in [2.45, 2.75) is 59.7 Å². The van der Waals surface area contributed by atoms with Crippen LogP contribution in [-0.4, -0.2) is 31.1 Å². The minimum atomic E-state index is 0.714. The van der Waals surface area contributed by atoms with Crippen molar-refractivity contribution in [2.24, 2.45) is 0 Å². The van der Waals surface area contributed by atoms with Crippen molar-refractivity contribution < 1.29 is 0 Å². The Balaban J connectivity index is 1.83. The molecule has 1 aliphatic heterocycles. The predicted molar refractivity (Wildman–Crippen MR) is 81.1 cm³/mol. The number of hydrogen-bond acceptors (Lipinski definition) is 4.